The highest BCUT2D eigenvalue weighted by Crippen LogP contribution is 2.09. The van der Waals surface area contributed by atoms with E-state index in [1.165, 1.54) is 0 Å². The number of nitrogens with zero attached hydrogens (tertiary/aromatic N) is 1. The van der Waals surface area contributed by atoms with Crippen molar-refractivity contribution in [3.63, 3.8) is 0 Å². The first-order valence-electron chi connectivity index (χ1n) is 6.04. The zero-order chi connectivity index (χ0) is 13.0. The van der Waals surface area contributed by atoms with Crippen molar-refractivity contribution >= 4 is 17.5 Å². The van der Waals surface area contributed by atoms with E-state index in [-0.39, 0.29) is 11.8 Å². The van der Waals surface area contributed by atoms with Crippen LogP contribution in [0, 0.1) is 0 Å². The lowest BCUT2D eigenvalue weighted by molar-refractivity contribution is -0.130. The van der Waals surface area contributed by atoms with E-state index in [1.54, 1.807) is 17.0 Å². The average Bonchev–Trinajstić information content (AvgIpc) is 2.54. The van der Waals surface area contributed by atoms with Crippen LogP contribution in [0.1, 0.15) is 12.0 Å². The van der Waals surface area contributed by atoms with E-state index in [0.717, 1.165) is 5.56 Å². The summed E-state index contributed by atoms with van der Waals surface area (Å²) in [5, 5.41) is 2.75. The molecule has 3 N–H and O–H groups in total. The molecule has 18 heavy (non-hydrogen) atoms. The fraction of sp³-hybridized carbons (Fsp3) is 0.385. The Balaban J connectivity index is 1.97. The van der Waals surface area contributed by atoms with Crippen LogP contribution in [0.3, 0.4) is 0 Å². The molecule has 1 aliphatic rings. The molecular weight excluding hydrogens is 230 g/mol. The van der Waals surface area contributed by atoms with E-state index in [0.29, 0.717) is 38.2 Å². The summed E-state index contributed by atoms with van der Waals surface area (Å²) < 4.78 is 0. The number of anilines is 1. The van der Waals surface area contributed by atoms with Crippen LogP contribution in [0.25, 0.3) is 0 Å². The molecule has 0 aliphatic carbocycles. The van der Waals surface area contributed by atoms with Crippen molar-refractivity contribution in [2.75, 3.05) is 25.4 Å². The predicted molar refractivity (Wildman–Crippen MR) is 68.8 cm³/mol. The molecule has 1 aromatic rings. The van der Waals surface area contributed by atoms with Gasteiger partial charge in [-0.1, -0.05) is 12.1 Å². The molecule has 1 fully saturated rings. The number of nitrogens with two attached hydrogens (primary N) is 1. The number of nitrogen functional groups attached to an aromatic ring is 1. The van der Waals surface area contributed by atoms with Crippen LogP contribution in [-0.2, 0) is 16.0 Å². The number of carbonyl (C=O) groups excluding carboxylic acids is 2. The van der Waals surface area contributed by atoms with Crippen LogP contribution < -0.4 is 11.1 Å². The zero-order valence-corrected chi connectivity index (χ0v) is 10.2. The van der Waals surface area contributed by atoms with Gasteiger partial charge >= 0.3 is 0 Å². The van der Waals surface area contributed by atoms with Gasteiger partial charge in [0.15, 0.2) is 0 Å². The highest BCUT2D eigenvalue weighted by Gasteiger charge is 2.18. The molecule has 5 nitrogen and oxygen atoms in total. The molecule has 1 aliphatic heterocycles. The molecule has 0 bridgehead atoms. The van der Waals surface area contributed by atoms with Gasteiger partial charge in [0.2, 0.25) is 11.8 Å². The summed E-state index contributed by atoms with van der Waals surface area (Å²) in [6.45, 7) is 1.60. The third kappa shape index (κ3) is 3.23. The molecule has 0 aromatic heterocycles. The standard InChI is InChI=1S/C13H17N3O2/c14-11-3-1-2-10(8-11)9-13(18)16-6-4-12(17)15-5-7-16/h1-3,8H,4-7,9,14H2,(H,15,17). The summed E-state index contributed by atoms with van der Waals surface area (Å²) in [5.74, 6) is 0.0476. The van der Waals surface area contributed by atoms with E-state index in [9.17, 15) is 9.59 Å². The van der Waals surface area contributed by atoms with E-state index in [1.807, 2.05) is 12.1 Å². The van der Waals surface area contributed by atoms with Crippen molar-refractivity contribution in [1.82, 2.24) is 10.2 Å². The van der Waals surface area contributed by atoms with Gasteiger partial charge in [-0.2, -0.15) is 0 Å². The summed E-state index contributed by atoms with van der Waals surface area (Å²) in [4.78, 5) is 25.0. The third-order valence-electron chi connectivity index (χ3n) is 2.97. The van der Waals surface area contributed by atoms with Gasteiger partial charge in [-0.3, -0.25) is 9.59 Å². The molecule has 0 unspecified atom stereocenters. The Bertz CT molecular complexity index is 459. The zero-order valence-electron chi connectivity index (χ0n) is 10.2. The maximum absolute atomic E-state index is 12.1. The Kier molecular flexibility index (Phi) is 3.82. The normalized spacial score (nSPS) is 16.0. The molecule has 1 heterocycles. The first-order chi connectivity index (χ1) is 8.65. The highest BCUT2D eigenvalue weighted by molar-refractivity contribution is 5.81. The van der Waals surface area contributed by atoms with Crippen LogP contribution >= 0.6 is 0 Å². The van der Waals surface area contributed by atoms with Crippen molar-refractivity contribution in [2.45, 2.75) is 12.8 Å². The fourth-order valence-corrected chi connectivity index (χ4v) is 2.01. The van der Waals surface area contributed by atoms with Gasteiger partial charge in [0.05, 0.1) is 6.42 Å². The molecular formula is C13H17N3O2. The molecule has 2 rings (SSSR count). The smallest absolute Gasteiger partial charge is 0.227 e. The van der Waals surface area contributed by atoms with Gasteiger partial charge in [-0.25, -0.2) is 0 Å². The van der Waals surface area contributed by atoms with Gasteiger partial charge < -0.3 is 16.0 Å². The number of benzene rings is 1. The lowest BCUT2D eigenvalue weighted by Gasteiger charge is -2.19. The lowest BCUT2D eigenvalue weighted by atomic mass is 10.1. The molecule has 1 saturated heterocycles. The second kappa shape index (κ2) is 5.53. The van der Waals surface area contributed by atoms with Gasteiger partial charge in [0.1, 0.15) is 0 Å². The first-order valence-corrected chi connectivity index (χ1v) is 6.04. The number of rotatable bonds is 2. The monoisotopic (exact) mass is 247 g/mol. The summed E-state index contributed by atoms with van der Waals surface area (Å²) >= 11 is 0. The molecule has 0 saturated carbocycles. The van der Waals surface area contributed by atoms with Crippen LogP contribution in [0.15, 0.2) is 24.3 Å². The second-order valence-corrected chi connectivity index (χ2v) is 4.40. The summed E-state index contributed by atoms with van der Waals surface area (Å²) in [6.07, 6.45) is 0.710. The Morgan fingerprint density at radius 2 is 2.22 bits per heavy atom. The maximum Gasteiger partial charge on any atom is 0.227 e. The Morgan fingerprint density at radius 3 is 3.00 bits per heavy atom. The molecule has 96 valence electrons. The van der Waals surface area contributed by atoms with Crippen molar-refractivity contribution in [1.29, 1.82) is 0 Å². The Morgan fingerprint density at radius 1 is 1.39 bits per heavy atom. The van der Waals surface area contributed by atoms with Crippen LogP contribution in [0.5, 0.6) is 0 Å². The summed E-state index contributed by atoms with van der Waals surface area (Å²) in [5.41, 5.74) is 7.24. The summed E-state index contributed by atoms with van der Waals surface area (Å²) in [6, 6.07) is 7.32. The van der Waals surface area contributed by atoms with Crippen LogP contribution in [0.2, 0.25) is 0 Å². The number of hydrogen-bond donors (Lipinski definition) is 2. The summed E-state index contributed by atoms with van der Waals surface area (Å²) in [7, 11) is 0. The second-order valence-electron chi connectivity index (χ2n) is 4.40. The maximum atomic E-state index is 12.1. The Hall–Kier alpha value is -2.04. The fourth-order valence-electron chi connectivity index (χ4n) is 2.01. The minimum absolute atomic E-state index is 0.00857. The van der Waals surface area contributed by atoms with Crippen molar-refractivity contribution < 1.29 is 9.59 Å². The van der Waals surface area contributed by atoms with Crippen molar-refractivity contribution in [3.8, 4) is 0 Å². The van der Waals surface area contributed by atoms with E-state index in [2.05, 4.69) is 5.32 Å². The quantitative estimate of drug-likeness (QED) is 0.731. The number of nitrogens with one attached hydrogen (secondary N) is 1. The predicted octanol–water partition coefficient (Wildman–Crippen LogP) is 0.160. The topological polar surface area (TPSA) is 75.4 Å². The first kappa shape index (κ1) is 12.4. The van der Waals surface area contributed by atoms with E-state index < -0.39 is 0 Å². The third-order valence-corrected chi connectivity index (χ3v) is 2.97. The average molecular weight is 247 g/mol. The molecule has 0 atom stereocenters. The molecule has 2 amide bonds. The van der Waals surface area contributed by atoms with Gasteiger partial charge in [-0.15, -0.1) is 0 Å². The van der Waals surface area contributed by atoms with Crippen LogP contribution in [-0.4, -0.2) is 36.3 Å². The van der Waals surface area contributed by atoms with Crippen LogP contribution in [0.4, 0.5) is 5.69 Å². The minimum Gasteiger partial charge on any atom is -0.399 e. The molecule has 1 aromatic carbocycles. The highest BCUT2D eigenvalue weighted by atomic mass is 16.2. The van der Waals surface area contributed by atoms with E-state index >= 15 is 0 Å². The van der Waals surface area contributed by atoms with Gasteiger partial charge in [0.25, 0.3) is 0 Å². The van der Waals surface area contributed by atoms with Gasteiger partial charge in [0, 0.05) is 31.7 Å². The van der Waals surface area contributed by atoms with Crippen molar-refractivity contribution in [3.05, 3.63) is 29.8 Å². The number of hydrogen-bond acceptors (Lipinski definition) is 3. The SMILES string of the molecule is Nc1cccc(CC(=O)N2CCNC(=O)CC2)c1. The largest absolute Gasteiger partial charge is 0.399 e. The number of carbonyl (C=O) groups is 2. The minimum atomic E-state index is 0.00857. The molecule has 0 spiro atoms. The van der Waals surface area contributed by atoms with Gasteiger partial charge in [-0.05, 0) is 17.7 Å². The van der Waals surface area contributed by atoms with E-state index in [4.69, 9.17) is 5.73 Å². The number of amides is 2. The Labute approximate surface area is 106 Å². The lowest BCUT2D eigenvalue weighted by Crippen LogP contribution is -2.35. The molecule has 5 heteroatoms. The molecule has 0 radical (unpaired) electrons. The van der Waals surface area contributed by atoms with Crippen molar-refractivity contribution in [2.24, 2.45) is 0 Å².